The molecule has 0 aliphatic rings. The summed E-state index contributed by atoms with van der Waals surface area (Å²) < 4.78 is 71.3. The van der Waals surface area contributed by atoms with E-state index in [1.807, 2.05) is 0 Å². The predicted octanol–water partition coefficient (Wildman–Crippen LogP) is -2.29. The van der Waals surface area contributed by atoms with Gasteiger partial charge in [-0.2, -0.15) is 8.42 Å². The molecule has 0 aliphatic heterocycles. The van der Waals surface area contributed by atoms with E-state index >= 15 is 0 Å². The smallest absolute Gasteiger partial charge is 0.280 e. The van der Waals surface area contributed by atoms with Crippen molar-refractivity contribution in [3.8, 4) is 0 Å². The zero-order valence-electron chi connectivity index (χ0n) is 6.33. The Morgan fingerprint density at radius 3 is 1.69 bits per heavy atom. The molecule has 0 spiro atoms. The van der Waals surface area contributed by atoms with E-state index in [9.17, 15) is 25.3 Å². The summed E-state index contributed by atoms with van der Waals surface area (Å²) in [6.07, 6.45) is 0.536. The lowest BCUT2D eigenvalue weighted by atomic mass is 11.9. The molecule has 0 unspecified atom stereocenters. The second-order valence-electron chi connectivity index (χ2n) is 2.17. The Morgan fingerprint density at radius 2 is 1.46 bits per heavy atom. The third-order valence-electron chi connectivity index (χ3n) is 0.582. The van der Waals surface area contributed by atoms with Crippen LogP contribution < -0.4 is 4.13 Å². The maximum atomic E-state index is 10.6. The fourth-order valence-electron chi connectivity index (χ4n) is 0.451. The predicted molar refractivity (Wildman–Crippen MR) is 43.3 cm³/mol. The Hall–Kier alpha value is -0.230. The number of hydrogen-bond donors (Lipinski definition) is 2. The van der Waals surface area contributed by atoms with Gasteiger partial charge < -0.3 is 0 Å². The van der Waals surface area contributed by atoms with Crippen LogP contribution in [0.2, 0.25) is 0 Å². The molecule has 0 aliphatic carbocycles. The van der Waals surface area contributed by atoms with Crippen molar-refractivity contribution in [2.75, 3.05) is 11.3 Å². The molecule has 0 rings (SSSR count). The van der Waals surface area contributed by atoms with Crippen molar-refractivity contribution in [3.05, 3.63) is 0 Å². The molecule has 0 amide bonds. The van der Waals surface area contributed by atoms with Crippen molar-refractivity contribution in [1.82, 2.24) is 4.13 Å². The topological polar surface area (TPSA) is 135 Å². The third kappa shape index (κ3) is 8.11. The van der Waals surface area contributed by atoms with Gasteiger partial charge in [-0.25, -0.2) is 16.8 Å². The highest BCUT2D eigenvalue weighted by Gasteiger charge is 2.23. The van der Waals surface area contributed by atoms with Crippen molar-refractivity contribution < 1.29 is 29.8 Å². The van der Waals surface area contributed by atoms with Gasteiger partial charge in [0.25, 0.3) is 10.1 Å². The number of hydrogen-bond acceptors (Lipinski definition) is 6. The van der Waals surface area contributed by atoms with Gasteiger partial charge in [-0.3, -0.25) is 4.55 Å². The second kappa shape index (κ2) is 3.49. The Morgan fingerprint density at radius 1 is 1.08 bits per heavy atom. The van der Waals surface area contributed by atoms with Crippen molar-refractivity contribution in [2.24, 2.45) is 0 Å². The van der Waals surface area contributed by atoms with E-state index < -0.39 is 35.2 Å². The van der Waals surface area contributed by atoms with E-state index in [4.69, 9.17) is 4.55 Å². The molecule has 0 radical (unpaired) electrons. The minimum atomic E-state index is -4.77. The fraction of sp³-hybridized carbons (Fsp3) is 1.00. The zero-order chi connectivity index (χ0) is 10.9. The van der Waals surface area contributed by atoms with Gasteiger partial charge in [-0.1, -0.05) is 0 Å². The van der Waals surface area contributed by atoms with Gasteiger partial charge in [-0.05, 0) is 0 Å². The van der Waals surface area contributed by atoms with Gasteiger partial charge in [0.15, 0.2) is 5.08 Å². The summed E-state index contributed by atoms with van der Waals surface area (Å²) >= 11 is 0. The third-order valence-corrected chi connectivity index (χ3v) is 5.24. The van der Waals surface area contributed by atoms with E-state index in [1.54, 1.807) is 0 Å². The Bertz CT molecular complexity index is 426. The van der Waals surface area contributed by atoms with Crippen molar-refractivity contribution >= 4 is 30.2 Å². The van der Waals surface area contributed by atoms with Crippen LogP contribution in [0.1, 0.15) is 0 Å². The molecule has 0 aromatic carbocycles. The summed E-state index contributed by atoms with van der Waals surface area (Å²) in [5.41, 5.74) is 0. The quantitative estimate of drug-likeness (QED) is 0.538. The molecule has 13 heavy (non-hydrogen) atoms. The monoisotopic (exact) mass is 253 g/mol. The standard InChI is InChI=1S/C2H7NO7S3/c1-11(4,5)3-12(6,7)2-13(8,9)10/h3H,2H2,1H3,(H,8,9,10). The van der Waals surface area contributed by atoms with Crippen molar-refractivity contribution in [3.63, 3.8) is 0 Å². The van der Waals surface area contributed by atoms with Gasteiger partial charge in [0.1, 0.15) is 0 Å². The molecule has 0 aromatic heterocycles. The molecule has 2 N–H and O–H groups in total. The Balaban J connectivity index is 4.86. The molecule has 8 nitrogen and oxygen atoms in total. The molecule has 0 bridgehead atoms. The SMILES string of the molecule is CS(=O)(=O)NS(=O)(=O)CS(=O)(=O)O. The maximum Gasteiger partial charge on any atom is 0.280 e. The first-order valence-electron chi connectivity index (χ1n) is 2.58. The Kier molecular flexibility index (Phi) is 3.43. The molecule has 0 aromatic rings. The van der Waals surface area contributed by atoms with Gasteiger partial charge in [0, 0.05) is 0 Å². The van der Waals surface area contributed by atoms with Crippen LogP contribution in [0.4, 0.5) is 0 Å². The molecule has 0 atom stereocenters. The van der Waals surface area contributed by atoms with Gasteiger partial charge >= 0.3 is 0 Å². The number of rotatable bonds is 4. The van der Waals surface area contributed by atoms with E-state index in [-0.39, 0.29) is 0 Å². The van der Waals surface area contributed by atoms with Crippen molar-refractivity contribution in [1.29, 1.82) is 0 Å². The lowest BCUT2D eigenvalue weighted by molar-refractivity contribution is 0.487. The summed E-state index contributed by atoms with van der Waals surface area (Å²) in [6, 6.07) is 0. The first-order chi connectivity index (χ1) is 5.41. The summed E-state index contributed by atoms with van der Waals surface area (Å²) in [5, 5.41) is -1.69. The van der Waals surface area contributed by atoms with Gasteiger partial charge in [0.05, 0.1) is 6.26 Å². The summed E-state index contributed by atoms with van der Waals surface area (Å²) in [5.74, 6) is 0. The van der Waals surface area contributed by atoms with Crippen LogP contribution >= 0.6 is 0 Å². The molecule has 0 fully saturated rings. The fourth-order valence-corrected chi connectivity index (χ4v) is 4.49. The minimum absolute atomic E-state index is 0.536. The molecule has 11 heteroatoms. The maximum absolute atomic E-state index is 10.6. The number of nitrogens with one attached hydrogen (secondary N) is 1. The molecule has 0 saturated carbocycles. The molecular weight excluding hydrogens is 246 g/mol. The summed E-state index contributed by atoms with van der Waals surface area (Å²) in [7, 11) is -13.4. The highest BCUT2D eigenvalue weighted by Crippen LogP contribution is 1.93. The lowest BCUT2D eigenvalue weighted by Crippen LogP contribution is -2.34. The van der Waals surface area contributed by atoms with Crippen LogP contribution in [-0.2, 0) is 30.2 Å². The Labute approximate surface area is 75.8 Å². The van der Waals surface area contributed by atoms with Crippen LogP contribution in [0.5, 0.6) is 0 Å². The average Bonchev–Trinajstić information content (AvgIpc) is 1.43. The van der Waals surface area contributed by atoms with E-state index in [1.165, 1.54) is 0 Å². The normalized spacial score (nSPS) is 14.3. The first-order valence-corrected chi connectivity index (χ1v) is 7.73. The second-order valence-corrected chi connectivity index (χ2v) is 7.72. The molecule has 0 heterocycles. The van der Waals surface area contributed by atoms with Crippen molar-refractivity contribution in [2.45, 2.75) is 0 Å². The van der Waals surface area contributed by atoms with Crippen LogP contribution in [0, 0.1) is 0 Å². The van der Waals surface area contributed by atoms with Crippen LogP contribution in [0.3, 0.4) is 0 Å². The highest BCUT2D eigenvalue weighted by atomic mass is 32.3. The van der Waals surface area contributed by atoms with E-state index in [2.05, 4.69) is 0 Å². The van der Waals surface area contributed by atoms with Crippen LogP contribution in [-0.4, -0.2) is 41.1 Å². The average molecular weight is 253 g/mol. The molecule has 0 saturated heterocycles. The summed E-state index contributed by atoms with van der Waals surface area (Å²) in [6.45, 7) is 0. The zero-order valence-corrected chi connectivity index (χ0v) is 8.78. The summed E-state index contributed by atoms with van der Waals surface area (Å²) in [4.78, 5) is 0. The van der Waals surface area contributed by atoms with Gasteiger partial charge in [-0.15, -0.1) is 4.13 Å². The largest absolute Gasteiger partial charge is 0.285 e. The first kappa shape index (κ1) is 12.8. The van der Waals surface area contributed by atoms with E-state index in [0.717, 1.165) is 4.13 Å². The van der Waals surface area contributed by atoms with Gasteiger partial charge in [0.2, 0.25) is 20.0 Å². The minimum Gasteiger partial charge on any atom is -0.285 e. The highest BCUT2D eigenvalue weighted by molar-refractivity contribution is 8.10. The lowest BCUT2D eigenvalue weighted by Gasteiger charge is -2.01. The molecule has 80 valence electrons. The van der Waals surface area contributed by atoms with Crippen LogP contribution in [0.15, 0.2) is 0 Å². The van der Waals surface area contributed by atoms with Crippen LogP contribution in [0.25, 0.3) is 0 Å². The number of sulfonamides is 2. The molecular formula is C2H7NO7S3. The van der Waals surface area contributed by atoms with E-state index in [0.29, 0.717) is 6.26 Å².